The first-order valence-electron chi connectivity index (χ1n) is 5.97. The number of carbonyl (C=O) groups excluding carboxylic acids is 1. The number of nitrogens with one attached hydrogen (secondary N) is 1. The van der Waals surface area contributed by atoms with E-state index in [0.29, 0.717) is 25.4 Å². The van der Waals surface area contributed by atoms with Crippen LogP contribution in [0.4, 0.5) is 5.69 Å². The fraction of sp³-hybridized carbons (Fsp3) is 0.357. The zero-order valence-electron chi connectivity index (χ0n) is 10.5. The van der Waals surface area contributed by atoms with Gasteiger partial charge in [0.15, 0.2) is 0 Å². The standard InChI is InChI=1S/C14H18N2O2/c1-14(9-18-10-14)8-16-13(17)6-5-11-3-2-4-12(15)7-11/h2-7H,8-10,15H2,1H3,(H,16,17)/b6-5+. The van der Waals surface area contributed by atoms with Crippen LogP contribution in [0.25, 0.3) is 6.08 Å². The third-order valence-electron chi connectivity index (χ3n) is 2.93. The molecular formula is C14H18N2O2. The molecule has 4 nitrogen and oxygen atoms in total. The second-order valence-electron chi connectivity index (χ2n) is 5.02. The summed E-state index contributed by atoms with van der Waals surface area (Å²) in [4.78, 5) is 11.6. The molecule has 2 rings (SSSR count). The summed E-state index contributed by atoms with van der Waals surface area (Å²) in [7, 11) is 0. The molecular weight excluding hydrogens is 228 g/mol. The van der Waals surface area contributed by atoms with E-state index in [1.54, 1.807) is 6.08 Å². The van der Waals surface area contributed by atoms with Crippen LogP contribution in [-0.2, 0) is 9.53 Å². The molecule has 1 fully saturated rings. The van der Waals surface area contributed by atoms with E-state index in [1.807, 2.05) is 24.3 Å². The topological polar surface area (TPSA) is 64.4 Å². The molecule has 0 atom stereocenters. The Balaban J connectivity index is 1.83. The number of nitrogens with two attached hydrogens (primary N) is 1. The average Bonchev–Trinajstić information content (AvgIpc) is 2.31. The van der Waals surface area contributed by atoms with Gasteiger partial charge in [0, 0.05) is 23.7 Å². The van der Waals surface area contributed by atoms with Crippen molar-refractivity contribution in [2.24, 2.45) is 5.41 Å². The first-order valence-corrected chi connectivity index (χ1v) is 5.97. The molecule has 4 heteroatoms. The highest BCUT2D eigenvalue weighted by molar-refractivity contribution is 5.91. The van der Waals surface area contributed by atoms with Gasteiger partial charge in [-0.05, 0) is 23.8 Å². The van der Waals surface area contributed by atoms with Crippen molar-refractivity contribution in [3.8, 4) is 0 Å². The van der Waals surface area contributed by atoms with E-state index in [0.717, 1.165) is 5.56 Å². The van der Waals surface area contributed by atoms with Gasteiger partial charge in [-0.25, -0.2) is 0 Å². The second-order valence-corrected chi connectivity index (χ2v) is 5.02. The monoisotopic (exact) mass is 246 g/mol. The van der Waals surface area contributed by atoms with Crippen LogP contribution in [0, 0.1) is 5.41 Å². The molecule has 0 unspecified atom stereocenters. The molecule has 1 amide bonds. The molecule has 3 N–H and O–H groups in total. The Morgan fingerprint density at radius 3 is 2.94 bits per heavy atom. The molecule has 0 spiro atoms. The predicted octanol–water partition coefficient (Wildman–Crippen LogP) is 1.43. The minimum atomic E-state index is -0.0921. The minimum Gasteiger partial charge on any atom is -0.399 e. The molecule has 1 aliphatic rings. The first kappa shape index (κ1) is 12.6. The van der Waals surface area contributed by atoms with Crippen LogP contribution in [0.1, 0.15) is 12.5 Å². The summed E-state index contributed by atoms with van der Waals surface area (Å²) in [5, 5.41) is 2.87. The van der Waals surface area contributed by atoms with Crippen LogP contribution in [0.2, 0.25) is 0 Å². The summed E-state index contributed by atoms with van der Waals surface area (Å²) in [6.45, 7) is 4.17. The minimum absolute atomic E-state index is 0.0921. The molecule has 1 aliphatic heterocycles. The Kier molecular flexibility index (Phi) is 3.67. The number of hydrogen-bond donors (Lipinski definition) is 2. The lowest BCUT2D eigenvalue weighted by atomic mass is 9.89. The Hall–Kier alpha value is -1.81. The molecule has 1 saturated heterocycles. The van der Waals surface area contributed by atoms with Crippen molar-refractivity contribution in [3.05, 3.63) is 35.9 Å². The van der Waals surface area contributed by atoms with Gasteiger partial charge < -0.3 is 15.8 Å². The lowest BCUT2D eigenvalue weighted by molar-refractivity contribution is -0.122. The van der Waals surface area contributed by atoms with Gasteiger partial charge in [-0.15, -0.1) is 0 Å². The van der Waals surface area contributed by atoms with Gasteiger partial charge in [0.2, 0.25) is 5.91 Å². The lowest BCUT2D eigenvalue weighted by Gasteiger charge is -2.37. The average molecular weight is 246 g/mol. The molecule has 0 aromatic heterocycles. The number of anilines is 1. The maximum Gasteiger partial charge on any atom is 0.244 e. The van der Waals surface area contributed by atoms with E-state index in [9.17, 15) is 4.79 Å². The lowest BCUT2D eigenvalue weighted by Crippen LogP contribution is -2.48. The summed E-state index contributed by atoms with van der Waals surface area (Å²) < 4.78 is 5.13. The maximum atomic E-state index is 11.6. The third kappa shape index (κ3) is 3.34. The van der Waals surface area contributed by atoms with Crippen LogP contribution in [-0.4, -0.2) is 25.7 Å². The normalized spacial score (nSPS) is 17.4. The van der Waals surface area contributed by atoms with Gasteiger partial charge >= 0.3 is 0 Å². The van der Waals surface area contributed by atoms with Crippen molar-refractivity contribution in [2.45, 2.75) is 6.92 Å². The summed E-state index contributed by atoms with van der Waals surface area (Å²) in [6.07, 6.45) is 3.28. The van der Waals surface area contributed by atoms with Gasteiger partial charge in [-0.3, -0.25) is 4.79 Å². The largest absolute Gasteiger partial charge is 0.399 e. The molecule has 0 saturated carbocycles. The Morgan fingerprint density at radius 2 is 2.33 bits per heavy atom. The number of hydrogen-bond acceptors (Lipinski definition) is 3. The smallest absolute Gasteiger partial charge is 0.244 e. The van der Waals surface area contributed by atoms with E-state index in [1.165, 1.54) is 6.08 Å². The first-order chi connectivity index (χ1) is 8.57. The Morgan fingerprint density at radius 1 is 1.56 bits per heavy atom. The van der Waals surface area contributed by atoms with E-state index >= 15 is 0 Å². The van der Waals surface area contributed by atoms with E-state index in [2.05, 4.69) is 12.2 Å². The van der Waals surface area contributed by atoms with Crippen molar-refractivity contribution in [1.82, 2.24) is 5.32 Å². The van der Waals surface area contributed by atoms with Crippen molar-refractivity contribution >= 4 is 17.7 Å². The van der Waals surface area contributed by atoms with Crippen molar-refractivity contribution < 1.29 is 9.53 Å². The predicted molar refractivity (Wildman–Crippen MR) is 71.8 cm³/mol. The molecule has 0 radical (unpaired) electrons. The molecule has 0 bridgehead atoms. The summed E-state index contributed by atoms with van der Waals surface area (Å²) in [5.41, 5.74) is 7.37. The quantitative estimate of drug-likeness (QED) is 0.624. The van der Waals surface area contributed by atoms with Crippen LogP contribution < -0.4 is 11.1 Å². The molecule has 96 valence electrons. The number of rotatable bonds is 4. The van der Waals surface area contributed by atoms with Crippen LogP contribution in [0.5, 0.6) is 0 Å². The molecule has 0 aliphatic carbocycles. The third-order valence-corrected chi connectivity index (χ3v) is 2.93. The number of carbonyl (C=O) groups is 1. The molecule has 1 aromatic carbocycles. The zero-order valence-corrected chi connectivity index (χ0v) is 10.5. The summed E-state index contributed by atoms with van der Waals surface area (Å²) in [5.74, 6) is -0.0921. The van der Waals surface area contributed by atoms with Gasteiger partial charge in [-0.2, -0.15) is 0 Å². The number of ether oxygens (including phenoxy) is 1. The van der Waals surface area contributed by atoms with Gasteiger partial charge in [0.05, 0.1) is 13.2 Å². The van der Waals surface area contributed by atoms with Crippen LogP contribution in [0.3, 0.4) is 0 Å². The number of benzene rings is 1. The van der Waals surface area contributed by atoms with Crippen molar-refractivity contribution in [2.75, 3.05) is 25.5 Å². The number of amides is 1. The second kappa shape index (κ2) is 5.23. The molecule has 1 aromatic rings. The van der Waals surface area contributed by atoms with E-state index in [4.69, 9.17) is 10.5 Å². The van der Waals surface area contributed by atoms with E-state index < -0.39 is 0 Å². The van der Waals surface area contributed by atoms with Gasteiger partial charge in [0.1, 0.15) is 0 Å². The maximum absolute atomic E-state index is 11.6. The molecule has 18 heavy (non-hydrogen) atoms. The fourth-order valence-electron chi connectivity index (χ4n) is 1.75. The molecule has 1 heterocycles. The number of nitrogen functional groups attached to an aromatic ring is 1. The SMILES string of the molecule is CC1(CNC(=O)/C=C/c2cccc(N)c2)COC1. The highest BCUT2D eigenvalue weighted by Crippen LogP contribution is 2.24. The summed E-state index contributed by atoms with van der Waals surface area (Å²) >= 11 is 0. The van der Waals surface area contributed by atoms with Crippen LogP contribution in [0.15, 0.2) is 30.3 Å². The zero-order chi connectivity index (χ0) is 13.0. The highest BCUT2D eigenvalue weighted by Gasteiger charge is 2.33. The van der Waals surface area contributed by atoms with E-state index in [-0.39, 0.29) is 11.3 Å². The van der Waals surface area contributed by atoms with Gasteiger partial charge in [0.25, 0.3) is 0 Å². The Labute approximate surface area is 107 Å². The Bertz CT molecular complexity index is 465. The fourth-order valence-corrected chi connectivity index (χ4v) is 1.75. The van der Waals surface area contributed by atoms with Crippen molar-refractivity contribution in [1.29, 1.82) is 0 Å². The summed E-state index contributed by atoms with van der Waals surface area (Å²) in [6, 6.07) is 7.40. The van der Waals surface area contributed by atoms with Crippen molar-refractivity contribution in [3.63, 3.8) is 0 Å². The highest BCUT2D eigenvalue weighted by atomic mass is 16.5. The van der Waals surface area contributed by atoms with Crippen LogP contribution >= 0.6 is 0 Å². The van der Waals surface area contributed by atoms with Gasteiger partial charge in [-0.1, -0.05) is 19.1 Å².